The second-order valence-corrected chi connectivity index (χ2v) is 3.88. The summed E-state index contributed by atoms with van der Waals surface area (Å²) in [6.07, 6.45) is 5.06. The van der Waals surface area contributed by atoms with Gasteiger partial charge in [0.25, 0.3) is 0 Å². The lowest BCUT2D eigenvalue weighted by molar-refractivity contribution is 0.788. The molecule has 3 aromatic rings. The fraction of sp³-hybridized carbons (Fsp3) is 0.167. The normalized spacial score (nSPS) is 10.8. The maximum atomic E-state index is 4.50. The lowest BCUT2D eigenvalue weighted by Gasteiger charge is -2.01. The molecule has 0 bridgehead atoms. The number of hydrogen-bond donors (Lipinski definition) is 1. The number of nitrogens with one attached hydrogen (secondary N) is 1. The van der Waals surface area contributed by atoms with Gasteiger partial charge < -0.3 is 5.32 Å². The van der Waals surface area contributed by atoms with E-state index in [1.807, 2.05) is 26.2 Å². The smallest absolute Gasteiger partial charge is 0.163 e. The number of fused-ring (bicyclic) bond motifs is 1. The topological polar surface area (TPSA) is 68.5 Å². The number of aryl methyl sites for hydroxylation is 1. The minimum absolute atomic E-state index is 0.770. The van der Waals surface area contributed by atoms with Crippen molar-refractivity contribution in [1.82, 2.24) is 24.7 Å². The molecule has 0 atom stereocenters. The zero-order chi connectivity index (χ0) is 12.5. The van der Waals surface area contributed by atoms with Crippen LogP contribution < -0.4 is 5.32 Å². The van der Waals surface area contributed by atoms with Crippen LogP contribution in [0.25, 0.3) is 22.3 Å². The van der Waals surface area contributed by atoms with Crippen LogP contribution in [0.4, 0.5) is 5.82 Å². The molecule has 0 radical (unpaired) electrons. The van der Waals surface area contributed by atoms with Crippen LogP contribution in [0.2, 0.25) is 0 Å². The van der Waals surface area contributed by atoms with Gasteiger partial charge in [-0.25, -0.2) is 14.6 Å². The van der Waals surface area contributed by atoms with E-state index < -0.39 is 0 Å². The Kier molecular flexibility index (Phi) is 2.40. The van der Waals surface area contributed by atoms with Gasteiger partial charge in [0.05, 0.1) is 5.39 Å². The van der Waals surface area contributed by atoms with Crippen molar-refractivity contribution in [2.45, 2.75) is 0 Å². The van der Waals surface area contributed by atoms with E-state index in [4.69, 9.17) is 0 Å². The van der Waals surface area contributed by atoms with Crippen molar-refractivity contribution >= 4 is 16.9 Å². The van der Waals surface area contributed by atoms with E-state index in [-0.39, 0.29) is 0 Å². The van der Waals surface area contributed by atoms with E-state index in [1.165, 1.54) is 6.33 Å². The molecule has 0 aliphatic heterocycles. The highest BCUT2D eigenvalue weighted by molar-refractivity contribution is 5.98. The van der Waals surface area contributed by atoms with Gasteiger partial charge in [-0.15, -0.1) is 0 Å². The summed E-state index contributed by atoms with van der Waals surface area (Å²) >= 11 is 0. The van der Waals surface area contributed by atoms with Crippen molar-refractivity contribution in [3.8, 4) is 11.3 Å². The molecule has 0 aliphatic carbocycles. The molecular weight excluding hydrogens is 228 g/mol. The summed E-state index contributed by atoms with van der Waals surface area (Å²) in [6.45, 7) is 0. The van der Waals surface area contributed by atoms with Crippen LogP contribution in [-0.4, -0.2) is 31.8 Å². The predicted molar refractivity (Wildman–Crippen MR) is 69.1 cm³/mol. The first-order chi connectivity index (χ1) is 8.81. The average Bonchev–Trinajstić information content (AvgIpc) is 2.77. The zero-order valence-electron chi connectivity index (χ0n) is 10.1. The first-order valence-electron chi connectivity index (χ1n) is 5.57. The zero-order valence-corrected chi connectivity index (χ0v) is 10.1. The van der Waals surface area contributed by atoms with Crippen molar-refractivity contribution < 1.29 is 0 Å². The van der Waals surface area contributed by atoms with Gasteiger partial charge in [0.2, 0.25) is 0 Å². The molecule has 0 aliphatic rings. The van der Waals surface area contributed by atoms with Crippen LogP contribution in [0.15, 0.2) is 30.9 Å². The summed E-state index contributed by atoms with van der Waals surface area (Å²) in [5.41, 5.74) is 2.59. The lowest BCUT2D eigenvalue weighted by Crippen LogP contribution is -1.96. The highest BCUT2D eigenvalue weighted by Crippen LogP contribution is 2.29. The molecule has 0 aromatic carbocycles. The Morgan fingerprint density at radius 2 is 2.17 bits per heavy atom. The first-order valence-corrected chi connectivity index (χ1v) is 5.57. The quantitative estimate of drug-likeness (QED) is 0.734. The number of hydrogen-bond acceptors (Lipinski definition) is 5. The monoisotopic (exact) mass is 240 g/mol. The van der Waals surface area contributed by atoms with Gasteiger partial charge in [0.1, 0.15) is 17.8 Å². The Balaban J connectivity index is 2.37. The third-order valence-electron chi connectivity index (χ3n) is 2.79. The van der Waals surface area contributed by atoms with Crippen molar-refractivity contribution in [2.24, 2.45) is 7.05 Å². The maximum absolute atomic E-state index is 4.50. The molecule has 0 fully saturated rings. The van der Waals surface area contributed by atoms with Gasteiger partial charge in [-0.2, -0.15) is 5.10 Å². The minimum atomic E-state index is 0.770. The fourth-order valence-electron chi connectivity index (χ4n) is 1.98. The SMILES string of the molecule is CNc1ncnc2c1c(-c1cccnc1)nn2C. The molecule has 0 spiro atoms. The number of anilines is 1. The van der Waals surface area contributed by atoms with Gasteiger partial charge in [0, 0.05) is 32.1 Å². The van der Waals surface area contributed by atoms with Crippen LogP contribution in [0, 0.1) is 0 Å². The molecule has 0 unspecified atom stereocenters. The Morgan fingerprint density at radius 3 is 2.89 bits per heavy atom. The summed E-state index contributed by atoms with van der Waals surface area (Å²) in [5.74, 6) is 0.770. The van der Waals surface area contributed by atoms with Gasteiger partial charge >= 0.3 is 0 Å². The van der Waals surface area contributed by atoms with E-state index >= 15 is 0 Å². The number of nitrogens with zero attached hydrogens (tertiary/aromatic N) is 5. The summed E-state index contributed by atoms with van der Waals surface area (Å²) in [6, 6.07) is 3.86. The highest BCUT2D eigenvalue weighted by atomic mass is 15.3. The third kappa shape index (κ3) is 1.50. The Bertz CT molecular complexity index is 688. The van der Waals surface area contributed by atoms with E-state index in [0.717, 1.165) is 28.1 Å². The predicted octanol–water partition coefficient (Wildman–Crippen LogP) is 1.47. The lowest BCUT2D eigenvalue weighted by atomic mass is 10.1. The molecule has 0 saturated heterocycles. The van der Waals surface area contributed by atoms with Crippen LogP contribution in [-0.2, 0) is 7.05 Å². The van der Waals surface area contributed by atoms with Gasteiger partial charge in [-0.1, -0.05) is 0 Å². The molecular formula is C12H12N6. The summed E-state index contributed by atoms with van der Waals surface area (Å²) in [4.78, 5) is 12.6. The molecule has 0 saturated carbocycles. The molecule has 0 amide bonds. The molecule has 3 heterocycles. The van der Waals surface area contributed by atoms with Crippen molar-refractivity contribution in [3.63, 3.8) is 0 Å². The van der Waals surface area contributed by atoms with E-state index in [9.17, 15) is 0 Å². The number of aromatic nitrogens is 5. The van der Waals surface area contributed by atoms with Crippen molar-refractivity contribution in [3.05, 3.63) is 30.9 Å². The van der Waals surface area contributed by atoms with Gasteiger partial charge in [-0.3, -0.25) is 4.98 Å². The Hall–Kier alpha value is -2.50. The Morgan fingerprint density at radius 1 is 1.28 bits per heavy atom. The second kappa shape index (κ2) is 4.06. The molecule has 90 valence electrons. The minimum Gasteiger partial charge on any atom is -0.372 e. The first kappa shape index (κ1) is 10.6. The molecule has 18 heavy (non-hydrogen) atoms. The van der Waals surface area contributed by atoms with Crippen molar-refractivity contribution in [1.29, 1.82) is 0 Å². The average molecular weight is 240 g/mol. The van der Waals surface area contributed by atoms with Crippen LogP contribution in [0.3, 0.4) is 0 Å². The summed E-state index contributed by atoms with van der Waals surface area (Å²) in [5, 5.41) is 8.48. The summed E-state index contributed by atoms with van der Waals surface area (Å²) in [7, 11) is 3.70. The molecule has 6 heteroatoms. The maximum Gasteiger partial charge on any atom is 0.163 e. The van der Waals surface area contributed by atoms with E-state index in [0.29, 0.717) is 0 Å². The molecule has 3 aromatic heterocycles. The summed E-state index contributed by atoms with van der Waals surface area (Å²) < 4.78 is 1.75. The number of rotatable bonds is 2. The third-order valence-corrected chi connectivity index (χ3v) is 2.79. The molecule has 3 rings (SSSR count). The largest absolute Gasteiger partial charge is 0.372 e. The fourth-order valence-corrected chi connectivity index (χ4v) is 1.98. The Labute approximate surface area is 104 Å². The second-order valence-electron chi connectivity index (χ2n) is 3.88. The molecule has 1 N–H and O–H groups in total. The van der Waals surface area contributed by atoms with E-state index in [2.05, 4.69) is 25.4 Å². The van der Waals surface area contributed by atoms with E-state index in [1.54, 1.807) is 17.1 Å². The van der Waals surface area contributed by atoms with Crippen LogP contribution in [0.5, 0.6) is 0 Å². The van der Waals surface area contributed by atoms with Gasteiger partial charge in [-0.05, 0) is 12.1 Å². The van der Waals surface area contributed by atoms with Crippen LogP contribution >= 0.6 is 0 Å². The van der Waals surface area contributed by atoms with Crippen molar-refractivity contribution in [2.75, 3.05) is 12.4 Å². The standard InChI is InChI=1S/C12H12N6/c1-13-11-9-10(8-4-3-5-14-6-8)17-18(2)12(9)16-7-15-11/h3-7H,1-2H3,(H,13,15,16). The van der Waals surface area contributed by atoms with Crippen LogP contribution in [0.1, 0.15) is 0 Å². The molecule has 6 nitrogen and oxygen atoms in total. The van der Waals surface area contributed by atoms with Gasteiger partial charge in [0.15, 0.2) is 5.65 Å². The number of pyridine rings is 1. The highest BCUT2D eigenvalue weighted by Gasteiger charge is 2.15.